The third kappa shape index (κ3) is 2.70. The highest BCUT2D eigenvalue weighted by atomic mass is 19.1. The molecule has 0 saturated heterocycles. The molecule has 20 heavy (non-hydrogen) atoms. The lowest BCUT2D eigenvalue weighted by Crippen LogP contribution is -1.97. The molecule has 0 aliphatic carbocycles. The fourth-order valence-electron chi connectivity index (χ4n) is 1.61. The molecule has 100 valence electrons. The number of hydrogen-bond donors (Lipinski definition) is 1. The Morgan fingerprint density at radius 3 is 2.55 bits per heavy atom. The van der Waals surface area contributed by atoms with Gasteiger partial charge in [-0.15, -0.1) is 0 Å². The van der Waals surface area contributed by atoms with Crippen LogP contribution >= 0.6 is 0 Å². The summed E-state index contributed by atoms with van der Waals surface area (Å²) in [5.74, 6) is -1.52. The minimum atomic E-state index is -0.804. The van der Waals surface area contributed by atoms with Crippen molar-refractivity contribution < 1.29 is 13.7 Å². The van der Waals surface area contributed by atoms with Crippen molar-refractivity contribution in [1.29, 1.82) is 5.26 Å². The monoisotopic (exact) mass is 275 g/mol. The summed E-state index contributed by atoms with van der Waals surface area (Å²) in [5, 5.41) is 22.1. The fourth-order valence-corrected chi connectivity index (χ4v) is 1.61. The second-order valence-corrected chi connectivity index (χ2v) is 3.85. The van der Waals surface area contributed by atoms with Gasteiger partial charge in [0.2, 0.25) is 0 Å². The number of nitro benzene ring substituents is 1. The van der Waals surface area contributed by atoms with E-state index in [9.17, 15) is 18.9 Å². The maximum Gasteiger partial charge on any atom is 0.287 e. The molecule has 0 radical (unpaired) electrons. The predicted octanol–water partition coefficient (Wildman–Crippen LogP) is 3.49. The second-order valence-electron chi connectivity index (χ2n) is 3.85. The lowest BCUT2D eigenvalue weighted by atomic mass is 10.1. The molecule has 1 N–H and O–H groups in total. The van der Waals surface area contributed by atoms with Crippen LogP contribution in [-0.4, -0.2) is 4.92 Å². The van der Waals surface area contributed by atoms with Gasteiger partial charge in [0.25, 0.3) is 5.69 Å². The summed E-state index contributed by atoms with van der Waals surface area (Å²) < 4.78 is 26.2. The lowest BCUT2D eigenvalue weighted by molar-refractivity contribution is -0.385. The molecule has 2 aromatic carbocycles. The highest BCUT2D eigenvalue weighted by Crippen LogP contribution is 2.25. The molecular weight excluding hydrogens is 268 g/mol. The first-order chi connectivity index (χ1) is 9.51. The first-order valence-corrected chi connectivity index (χ1v) is 5.42. The van der Waals surface area contributed by atoms with E-state index in [4.69, 9.17) is 5.26 Å². The summed E-state index contributed by atoms with van der Waals surface area (Å²) in [5.41, 5.74) is -0.193. The number of halogens is 2. The van der Waals surface area contributed by atoms with Crippen LogP contribution < -0.4 is 5.32 Å². The van der Waals surface area contributed by atoms with Crippen LogP contribution in [0.15, 0.2) is 36.4 Å². The predicted molar refractivity (Wildman–Crippen MR) is 67.5 cm³/mol. The Hall–Kier alpha value is -3.01. The zero-order valence-corrected chi connectivity index (χ0v) is 9.93. The van der Waals surface area contributed by atoms with Crippen LogP contribution in [-0.2, 0) is 0 Å². The van der Waals surface area contributed by atoms with Gasteiger partial charge in [0, 0.05) is 17.8 Å². The third-order valence-corrected chi connectivity index (χ3v) is 2.52. The number of hydrogen-bond acceptors (Lipinski definition) is 4. The zero-order valence-electron chi connectivity index (χ0n) is 9.93. The summed E-state index contributed by atoms with van der Waals surface area (Å²) in [7, 11) is 0. The van der Waals surface area contributed by atoms with Crippen molar-refractivity contribution in [2.75, 3.05) is 5.32 Å². The maximum atomic E-state index is 13.5. The fraction of sp³-hybridized carbons (Fsp3) is 0. The van der Waals surface area contributed by atoms with Crippen LogP contribution in [0.4, 0.5) is 25.8 Å². The molecule has 7 heteroatoms. The SMILES string of the molecule is N#Cc1cc(Nc2ccc(F)cc2F)ccc1[N+](=O)[O-]. The van der Waals surface area contributed by atoms with Gasteiger partial charge in [0.1, 0.15) is 23.3 Å². The average Bonchev–Trinajstić information content (AvgIpc) is 2.41. The van der Waals surface area contributed by atoms with E-state index >= 15 is 0 Å². The quantitative estimate of drug-likeness (QED) is 0.687. The standard InChI is InChI=1S/C13H7F2N3O2/c14-9-1-3-12(11(15)6-9)17-10-2-4-13(18(19)20)8(5-10)7-16/h1-6,17H. The average molecular weight is 275 g/mol. The van der Waals surface area contributed by atoms with Crippen LogP contribution in [0, 0.1) is 33.1 Å². The highest BCUT2D eigenvalue weighted by molar-refractivity contribution is 5.65. The summed E-state index contributed by atoms with van der Waals surface area (Å²) in [6.45, 7) is 0. The van der Waals surface area contributed by atoms with Gasteiger partial charge in [-0.3, -0.25) is 10.1 Å². The van der Waals surface area contributed by atoms with Crippen molar-refractivity contribution in [1.82, 2.24) is 0 Å². The van der Waals surface area contributed by atoms with Gasteiger partial charge in [0.15, 0.2) is 0 Å². The number of rotatable bonds is 3. The normalized spacial score (nSPS) is 9.85. The molecule has 0 fully saturated rings. The first kappa shape index (κ1) is 13.4. The van der Waals surface area contributed by atoms with Gasteiger partial charge < -0.3 is 5.32 Å². The minimum absolute atomic E-state index is 0.00384. The van der Waals surface area contributed by atoms with Crippen LogP contribution in [0.3, 0.4) is 0 Å². The molecule has 0 spiro atoms. The topological polar surface area (TPSA) is 79.0 Å². The number of nitrogens with zero attached hydrogens (tertiary/aromatic N) is 2. The van der Waals surface area contributed by atoms with Crippen molar-refractivity contribution in [3.05, 3.63) is 63.7 Å². The molecule has 0 saturated carbocycles. The number of nitrogens with one attached hydrogen (secondary N) is 1. The Balaban J connectivity index is 2.35. The Labute approximate surface area is 112 Å². The molecule has 0 aliphatic rings. The van der Waals surface area contributed by atoms with Gasteiger partial charge in [-0.2, -0.15) is 5.26 Å². The van der Waals surface area contributed by atoms with Crippen molar-refractivity contribution in [2.45, 2.75) is 0 Å². The van der Waals surface area contributed by atoms with E-state index in [0.29, 0.717) is 6.07 Å². The van der Waals surface area contributed by atoms with Crippen LogP contribution in [0.2, 0.25) is 0 Å². The van der Waals surface area contributed by atoms with Crippen molar-refractivity contribution >= 4 is 17.1 Å². The molecule has 0 bridgehead atoms. The summed E-state index contributed by atoms with van der Waals surface area (Å²) in [4.78, 5) is 9.99. The Kier molecular flexibility index (Phi) is 3.57. The van der Waals surface area contributed by atoms with E-state index in [1.807, 2.05) is 0 Å². The Morgan fingerprint density at radius 1 is 1.20 bits per heavy atom. The van der Waals surface area contributed by atoms with Gasteiger partial charge in [0.05, 0.1) is 10.6 Å². The van der Waals surface area contributed by atoms with E-state index in [-0.39, 0.29) is 22.6 Å². The van der Waals surface area contributed by atoms with Gasteiger partial charge >= 0.3 is 0 Å². The third-order valence-electron chi connectivity index (χ3n) is 2.52. The Morgan fingerprint density at radius 2 is 1.95 bits per heavy atom. The van der Waals surface area contributed by atoms with Gasteiger partial charge in [-0.25, -0.2) is 8.78 Å². The van der Waals surface area contributed by atoms with E-state index in [0.717, 1.165) is 12.1 Å². The number of benzene rings is 2. The number of nitro groups is 1. The van der Waals surface area contributed by atoms with E-state index in [2.05, 4.69) is 5.32 Å². The van der Waals surface area contributed by atoms with Crippen LogP contribution in [0.5, 0.6) is 0 Å². The zero-order chi connectivity index (χ0) is 14.7. The molecule has 2 aromatic rings. The molecule has 0 unspecified atom stereocenters. The largest absolute Gasteiger partial charge is 0.353 e. The number of anilines is 2. The number of nitriles is 1. The second kappa shape index (κ2) is 5.32. The van der Waals surface area contributed by atoms with Gasteiger partial charge in [-0.1, -0.05) is 0 Å². The van der Waals surface area contributed by atoms with Crippen molar-refractivity contribution in [3.63, 3.8) is 0 Å². The molecular formula is C13H7F2N3O2. The van der Waals surface area contributed by atoms with Crippen molar-refractivity contribution in [2.24, 2.45) is 0 Å². The summed E-state index contributed by atoms with van der Waals surface area (Å²) in [6.07, 6.45) is 0. The molecule has 0 amide bonds. The summed E-state index contributed by atoms with van der Waals surface area (Å²) in [6, 6.07) is 8.36. The molecule has 0 aromatic heterocycles. The smallest absolute Gasteiger partial charge is 0.287 e. The minimum Gasteiger partial charge on any atom is -0.353 e. The molecule has 5 nitrogen and oxygen atoms in total. The lowest BCUT2D eigenvalue weighted by Gasteiger charge is -2.08. The molecule has 0 aliphatic heterocycles. The van der Waals surface area contributed by atoms with E-state index in [1.54, 1.807) is 6.07 Å². The highest BCUT2D eigenvalue weighted by Gasteiger charge is 2.14. The molecule has 2 rings (SSSR count). The Bertz CT molecular complexity index is 726. The van der Waals surface area contributed by atoms with E-state index < -0.39 is 16.6 Å². The van der Waals surface area contributed by atoms with Crippen LogP contribution in [0.25, 0.3) is 0 Å². The van der Waals surface area contributed by atoms with E-state index in [1.165, 1.54) is 18.2 Å². The molecule has 0 heterocycles. The molecule has 0 atom stereocenters. The summed E-state index contributed by atoms with van der Waals surface area (Å²) >= 11 is 0. The maximum absolute atomic E-state index is 13.5. The van der Waals surface area contributed by atoms with Crippen molar-refractivity contribution in [3.8, 4) is 6.07 Å². The first-order valence-electron chi connectivity index (χ1n) is 5.42. The van der Waals surface area contributed by atoms with Gasteiger partial charge in [-0.05, 0) is 24.3 Å². The van der Waals surface area contributed by atoms with Crippen LogP contribution in [0.1, 0.15) is 5.56 Å².